The fourth-order valence-electron chi connectivity index (χ4n) is 1.84. The predicted molar refractivity (Wildman–Crippen MR) is 76.3 cm³/mol. The van der Waals surface area contributed by atoms with Gasteiger partial charge in [0.25, 0.3) is 0 Å². The van der Waals surface area contributed by atoms with Crippen molar-refractivity contribution in [2.45, 2.75) is 65.7 Å². The second-order valence-electron chi connectivity index (χ2n) is 6.91. The van der Waals surface area contributed by atoms with Crippen molar-refractivity contribution in [1.82, 2.24) is 4.90 Å². The zero-order chi connectivity index (χ0) is 15.7. The van der Waals surface area contributed by atoms with Gasteiger partial charge in [0.15, 0.2) is 6.04 Å². The molecule has 0 bridgehead atoms. The van der Waals surface area contributed by atoms with Crippen LogP contribution in [0.3, 0.4) is 0 Å². The molecule has 1 saturated heterocycles. The molecule has 0 radical (unpaired) electrons. The lowest BCUT2D eigenvalue weighted by Crippen LogP contribution is -2.59. The second kappa shape index (κ2) is 5.46. The van der Waals surface area contributed by atoms with Crippen molar-refractivity contribution in [3.05, 3.63) is 11.6 Å². The molecule has 5 heteroatoms. The first-order valence-electron chi connectivity index (χ1n) is 6.82. The first kappa shape index (κ1) is 16.5. The molecule has 1 unspecified atom stereocenters. The summed E-state index contributed by atoms with van der Waals surface area (Å²) in [4.78, 5) is 25.6. The topological polar surface area (TPSA) is 55.8 Å². The summed E-state index contributed by atoms with van der Waals surface area (Å²) in [6.07, 6.45) is 1.36. The van der Waals surface area contributed by atoms with Gasteiger partial charge in [0.05, 0.1) is 0 Å². The van der Waals surface area contributed by atoms with Gasteiger partial charge in [-0.1, -0.05) is 6.08 Å². The molecule has 1 aliphatic heterocycles. The Morgan fingerprint density at radius 2 is 1.60 bits per heavy atom. The number of rotatable bonds is 1. The molecule has 0 aliphatic carbocycles. The van der Waals surface area contributed by atoms with Gasteiger partial charge in [-0.2, -0.15) is 0 Å². The molecule has 1 aliphatic rings. The largest absolute Gasteiger partial charge is 0.458 e. The Kier molecular flexibility index (Phi) is 4.52. The maximum Gasteiger partial charge on any atom is 0.411 e. The standard InChI is InChI=1S/C15H25NO4/c1-8-10-9-16(13(18)20-15(5,6)7)11(10)12(17)19-14(2,3)4/h8,11H,9H2,1-7H3/b10-8-. The van der Waals surface area contributed by atoms with Gasteiger partial charge in [-0.3, -0.25) is 4.90 Å². The van der Waals surface area contributed by atoms with Gasteiger partial charge in [-0.15, -0.1) is 0 Å². The Morgan fingerprint density at radius 1 is 1.10 bits per heavy atom. The molecule has 20 heavy (non-hydrogen) atoms. The van der Waals surface area contributed by atoms with Crippen molar-refractivity contribution in [2.24, 2.45) is 0 Å². The third kappa shape index (κ3) is 4.25. The Labute approximate surface area is 120 Å². The lowest BCUT2D eigenvalue weighted by atomic mass is 9.96. The highest BCUT2D eigenvalue weighted by Crippen LogP contribution is 2.28. The highest BCUT2D eigenvalue weighted by atomic mass is 16.6. The third-order valence-electron chi connectivity index (χ3n) is 2.64. The Balaban J connectivity index is 2.80. The quantitative estimate of drug-likeness (QED) is 0.548. The van der Waals surface area contributed by atoms with E-state index in [1.807, 2.05) is 13.0 Å². The van der Waals surface area contributed by atoms with Crippen LogP contribution >= 0.6 is 0 Å². The number of carbonyl (C=O) groups excluding carboxylic acids is 2. The molecule has 114 valence electrons. The fraction of sp³-hybridized carbons (Fsp3) is 0.733. The number of amides is 1. The van der Waals surface area contributed by atoms with Crippen molar-refractivity contribution in [2.75, 3.05) is 6.54 Å². The van der Waals surface area contributed by atoms with Gasteiger partial charge in [0.2, 0.25) is 0 Å². The van der Waals surface area contributed by atoms with Gasteiger partial charge < -0.3 is 9.47 Å². The van der Waals surface area contributed by atoms with Crippen LogP contribution in [0.5, 0.6) is 0 Å². The number of esters is 1. The van der Waals surface area contributed by atoms with Crippen LogP contribution in [0.25, 0.3) is 0 Å². The van der Waals surface area contributed by atoms with Crippen molar-refractivity contribution >= 4 is 12.1 Å². The molecule has 1 atom stereocenters. The minimum Gasteiger partial charge on any atom is -0.458 e. The van der Waals surface area contributed by atoms with E-state index in [-0.39, 0.29) is 0 Å². The predicted octanol–water partition coefficient (Wildman–Crippen LogP) is 2.89. The zero-order valence-corrected chi connectivity index (χ0v) is 13.4. The summed E-state index contributed by atoms with van der Waals surface area (Å²) in [5.41, 5.74) is -0.281. The molecule has 0 saturated carbocycles. The van der Waals surface area contributed by atoms with E-state index >= 15 is 0 Å². The van der Waals surface area contributed by atoms with E-state index in [9.17, 15) is 9.59 Å². The van der Waals surface area contributed by atoms with Gasteiger partial charge in [0, 0.05) is 6.54 Å². The summed E-state index contributed by atoms with van der Waals surface area (Å²) in [5.74, 6) is -0.414. The first-order valence-corrected chi connectivity index (χ1v) is 6.82. The fourth-order valence-corrected chi connectivity index (χ4v) is 1.84. The average molecular weight is 283 g/mol. The molecular formula is C15H25NO4. The SMILES string of the molecule is C/C=C1/CN(C(=O)OC(C)(C)C)C1C(=O)OC(C)(C)C. The lowest BCUT2D eigenvalue weighted by Gasteiger charge is -2.42. The molecule has 0 aromatic rings. The van der Waals surface area contributed by atoms with E-state index in [0.29, 0.717) is 6.54 Å². The number of likely N-dealkylation sites (tertiary alicyclic amines) is 1. The normalized spacial score (nSPS) is 21.4. The smallest absolute Gasteiger partial charge is 0.411 e. The van der Waals surface area contributed by atoms with Crippen molar-refractivity contribution in [3.8, 4) is 0 Å². The van der Waals surface area contributed by atoms with Gasteiger partial charge in [-0.05, 0) is 54.0 Å². The molecule has 0 N–H and O–H groups in total. The van der Waals surface area contributed by atoms with Crippen LogP contribution in [0.15, 0.2) is 11.6 Å². The summed E-state index contributed by atoms with van der Waals surface area (Å²) in [6, 6.07) is -0.658. The minimum absolute atomic E-state index is 0.412. The van der Waals surface area contributed by atoms with E-state index in [1.165, 1.54) is 4.90 Å². The summed E-state index contributed by atoms with van der Waals surface area (Å²) < 4.78 is 10.7. The summed E-state index contributed by atoms with van der Waals surface area (Å²) in [5, 5.41) is 0. The number of hydrogen-bond acceptors (Lipinski definition) is 4. The lowest BCUT2D eigenvalue weighted by molar-refractivity contribution is -0.162. The number of ether oxygens (including phenoxy) is 2. The molecule has 0 aromatic heterocycles. The van der Waals surface area contributed by atoms with Crippen molar-refractivity contribution < 1.29 is 19.1 Å². The average Bonchev–Trinajstić information content (AvgIpc) is 2.09. The minimum atomic E-state index is -0.658. The van der Waals surface area contributed by atoms with Crippen LogP contribution in [0.1, 0.15) is 48.5 Å². The van der Waals surface area contributed by atoms with Crippen LogP contribution in [0, 0.1) is 0 Å². The van der Waals surface area contributed by atoms with Crippen LogP contribution in [0.4, 0.5) is 4.79 Å². The van der Waals surface area contributed by atoms with E-state index in [4.69, 9.17) is 9.47 Å². The molecule has 1 rings (SSSR count). The number of nitrogens with zero attached hydrogens (tertiary/aromatic N) is 1. The van der Waals surface area contributed by atoms with Crippen LogP contribution in [-0.2, 0) is 14.3 Å². The summed E-state index contributed by atoms with van der Waals surface area (Å²) in [6.45, 7) is 13.1. The molecule has 0 aromatic carbocycles. The summed E-state index contributed by atoms with van der Waals surface area (Å²) >= 11 is 0. The van der Waals surface area contributed by atoms with Crippen molar-refractivity contribution in [3.63, 3.8) is 0 Å². The maximum absolute atomic E-state index is 12.2. The Bertz CT molecular complexity index is 426. The Morgan fingerprint density at radius 3 is 2.00 bits per heavy atom. The summed E-state index contributed by atoms with van der Waals surface area (Å²) in [7, 11) is 0. The monoisotopic (exact) mass is 283 g/mol. The molecular weight excluding hydrogens is 258 g/mol. The highest BCUT2D eigenvalue weighted by molar-refractivity contribution is 5.88. The van der Waals surface area contributed by atoms with Crippen LogP contribution in [0.2, 0.25) is 0 Å². The first-order chi connectivity index (χ1) is 8.94. The second-order valence-corrected chi connectivity index (χ2v) is 6.91. The zero-order valence-electron chi connectivity index (χ0n) is 13.4. The maximum atomic E-state index is 12.2. The molecule has 1 heterocycles. The van der Waals surface area contributed by atoms with E-state index in [2.05, 4.69) is 0 Å². The van der Waals surface area contributed by atoms with Gasteiger partial charge in [-0.25, -0.2) is 9.59 Å². The van der Waals surface area contributed by atoms with Crippen molar-refractivity contribution in [1.29, 1.82) is 0 Å². The molecule has 1 amide bonds. The Hall–Kier alpha value is -1.52. The molecule has 0 spiro atoms. The van der Waals surface area contributed by atoms with E-state index < -0.39 is 29.3 Å². The van der Waals surface area contributed by atoms with Crippen LogP contribution in [-0.4, -0.2) is 40.8 Å². The molecule has 1 fully saturated rings. The molecule has 5 nitrogen and oxygen atoms in total. The van der Waals surface area contributed by atoms with Crippen LogP contribution < -0.4 is 0 Å². The van der Waals surface area contributed by atoms with Gasteiger partial charge in [0.1, 0.15) is 11.2 Å². The number of hydrogen-bond donors (Lipinski definition) is 0. The third-order valence-corrected chi connectivity index (χ3v) is 2.64. The van der Waals surface area contributed by atoms with E-state index in [0.717, 1.165) is 5.57 Å². The number of carbonyl (C=O) groups is 2. The highest BCUT2D eigenvalue weighted by Gasteiger charge is 2.45. The number of allylic oxidation sites excluding steroid dienone is 1. The van der Waals surface area contributed by atoms with Gasteiger partial charge >= 0.3 is 12.1 Å². The van der Waals surface area contributed by atoms with E-state index in [1.54, 1.807) is 41.5 Å².